The molecule has 0 unspecified atom stereocenters. The van der Waals surface area contributed by atoms with Crippen molar-refractivity contribution in [2.45, 2.75) is 0 Å². The van der Waals surface area contributed by atoms with Crippen molar-refractivity contribution in [1.82, 2.24) is 19.9 Å². The van der Waals surface area contributed by atoms with Gasteiger partial charge in [-0.1, -0.05) is 121 Å². The molecule has 0 saturated heterocycles. The highest BCUT2D eigenvalue weighted by Crippen LogP contribution is 2.37. The Hall–Kier alpha value is -7.56. The minimum Gasteiger partial charge on any atom is -0.256 e. The monoisotopic (exact) mass is 714 g/mol. The van der Waals surface area contributed by atoms with Gasteiger partial charge in [0.15, 0.2) is 5.82 Å². The number of benzene rings is 7. The van der Waals surface area contributed by atoms with E-state index in [9.17, 15) is 0 Å². The largest absolute Gasteiger partial charge is 0.256 e. The van der Waals surface area contributed by atoms with Crippen LogP contribution in [-0.2, 0) is 0 Å². The lowest BCUT2D eigenvalue weighted by molar-refractivity contribution is 1.18. The Kier molecular flexibility index (Phi) is 8.47. The van der Waals surface area contributed by atoms with Crippen molar-refractivity contribution in [2.75, 3.05) is 0 Å². The van der Waals surface area contributed by atoms with Crippen LogP contribution in [0.25, 0.3) is 100 Å². The Morgan fingerprint density at radius 1 is 0.232 bits per heavy atom. The average molecular weight is 715 g/mol. The smallest absolute Gasteiger partial charge is 0.160 e. The zero-order valence-electron chi connectivity index (χ0n) is 30.4. The lowest BCUT2D eigenvalue weighted by Crippen LogP contribution is -1.97. The van der Waals surface area contributed by atoms with Crippen molar-refractivity contribution in [3.05, 3.63) is 207 Å². The minimum atomic E-state index is 0.678. The van der Waals surface area contributed by atoms with E-state index >= 15 is 0 Å². The molecule has 0 radical (unpaired) electrons. The topological polar surface area (TPSA) is 51.6 Å². The molecule has 0 saturated carbocycles. The molecule has 0 fully saturated rings. The quantitative estimate of drug-likeness (QED) is 0.165. The van der Waals surface area contributed by atoms with E-state index in [1.54, 1.807) is 0 Å². The molecule has 3 heterocycles. The van der Waals surface area contributed by atoms with Crippen molar-refractivity contribution >= 4 is 21.5 Å². The van der Waals surface area contributed by atoms with Gasteiger partial charge < -0.3 is 0 Å². The standard InChI is InChI=1S/C52H34N4/c1-3-13-37-27-43(23-21-35(37)11-1)50-34-51(56-52(55-50)44-24-22-36-12-2-4-14-38(36)30-44)47-32-45(39-15-9-17-41(28-39)48-19-5-7-25-53-48)31-46(33-47)40-16-10-18-42(29-40)49-20-6-8-26-54-49/h1-34H. The molecule has 3 aromatic heterocycles. The van der Waals surface area contributed by atoms with E-state index in [4.69, 9.17) is 9.97 Å². The van der Waals surface area contributed by atoms with Gasteiger partial charge in [0.1, 0.15) is 0 Å². The van der Waals surface area contributed by atoms with Crippen molar-refractivity contribution in [1.29, 1.82) is 0 Å². The maximum atomic E-state index is 5.34. The van der Waals surface area contributed by atoms with Crippen LogP contribution in [0.1, 0.15) is 0 Å². The number of hydrogen-bond donors (Lipinski definition) is 0. The van der Waals surface area contributed by atoms with E-state index in [0.29, 0.717) is 5.82 Å². The van der Waals surface area contributed by atoms with Crippen LogP contribution in [-0.4, -0.2) is 19.9 Å². The number of rotatable bonds is 7. The number of aromatic nitrogens is 4. The van der Waals surface area contributed by atoms with Gasteiger partial charge in [0.05, 0.1) is 22.8 Å². The molecule has 0 amide bonds. The van der Waals surface area contributed by atoms with Crippen molar-refractivity contribution < 1.29 is 0 Å². The van der Waals surface area contributed by atoms with Crippen LogP contribution in [0.4, 0.5) is 0 Å². The predicted octanol–water partition coefficient (Wildman–Crippen LogP) is 13.2. The summed E-state index contributed by atoms with van der Waals surface area (Å²) in [4.78, 5) is 19.9. The van der Waals surface area contributed by atoms with Gasteiger partial charge in [-0.05, 0) is 117 Å². The average Bonchev–Trinajstić information content (AvgIpc) is 3.29. The molecule has 4 nitrogen and oxygen atoms in total. The summed E-state index contributed by atoms with van der Waals surface area (Å²) in [5, 5.41) is 4.69. The Morgan fingerprint density at radius 3 is 1.21 bits per heavy atom. The Labute approximate surface area is 325 Å². The normalized spacial score (nSPS) is 11.2. The molecule has 0 aliphatic heterocycles. The SMILES string of the molecule is c1ccc(-c2cccc(-c3cc(-c4cccc(-c5ccccn5)c4)cc(-c4cc(-c5ccc6ccccc6c5)nc(-c5ccc6ccccc6c5)n4)c3)c2)nc1. The fourth-order valence-electron chi connectivity index (χ4n) is 7.44. The summed E-state index contributed by atoms with van der Waals surface area (Å²) in [6.45, 7) is 0. The summed E-state index contributed by atoms with van der Waals surface area (Å²) in [5.74, 6) is 0.678. The van der Waals surface area contributed by atoms with Crippen molar-refractivity contribution in [3.63, 3.8) is 0 Å². The second-order valence-electron chi connectivity index (χ2n) is 14.0. The molecule has 0 aliphatic rings. The summed E-state index contributed by atoms with van der Waals surface area (Å²) >= 11 is 0. The third-order valence-corrected chi connectivity index (χ3v) is 10.3. The number of hydrogen-bond acceptors (Lipinski definition) is 4. The van der Waals surface area contributed by atoms with Gasteiger partial charge in [0.2, 0.25) is 0 Å². The first kappa shape index (κ1) is 33.0. The van der Waals surface area contributed by atoms with Gasteiger partial charge in [0, 0.05) is 40.2 Å². The number of pyridine rings is 2. The molecule has 4 heteroatoms. The fraction of sp³-hybridized carbons (Fsp3) is 0. The lowest BCUT2D eigenvalue weighted by Gasteiger charge is -2.14. The van der Waals surface area contributed by atoms with Crippen LogP contribution in [0, 0.1) is 0 Å². The zero-order chi connectivity index (χ0) is 37.3. The molecule has 0 N–H and O–H groups in total. The van der Waals surface area contributed by atoms with Gasteiger partial charge in [-0.25, -0.2) is 9.97 Å². The molecule has 7 aromatic carbocycles. The summed E-state index contributed by atoms with van der Waals surface area (Å²) in [6.07, 6.45) is 3.68. The first-order chi connectivity index (χ1) is 27.7. The van der Waals surface area contributed by atoms with Crippen molar-refractivity contribution in [3.8, 4) is 78.7 Å². The van der Waals surface area contributed by atoms with Crippen molar-refractivity contribution in [2.24, 2.45) is 0 Å². The molecular formula is C52H34N4. The molecule has 0 atom stereocenters. The Morgan fingerprint density at radius 2 is 0.661 bits per heavy atom. The highest BCUT2D eigenvalue weighted by Gasteiger charge is 2.15. The number of nitrogens with zero attached hydrogens (tertiary/aromatic N) is 4. The molecule has 262 valence electrons. The summed E-state index contributed by atoms with van der Waals surface area (Å²) in [5.41, 5.74) is 13.1. The predicted molar refractivity (Wildman–Crippen MR) is 231 cm³/mol. The maximum absolute atomic E-state index is 5.34. The molecule has 0 bridgehead atoms. The molecule has 10 aromatic rings. The van der Waals surface area contributed by atoms with E-state index in [1.165, 1.54) is 16.2 Å². The molecule has 0 aliphatic carbocycles. The van der Waals surface area contributed by atoms with E-state index in [0.717, 1.165) is 78.2 Å². The third kappa shape index (κ3) is 6.61. The second kappa shape index (κ2) is 14.3. The van der Waals surface area contributed by atoms with Crippen LogP contribution >= 0.6 is 0 Å². The first-order valence-corrected chi connectivity index (χ1v) is 18.8. The van der Waals surface area contributed by atoms with Gasteiger partial charge in [-0.2, -0.15) is 0 Å². The van der Waals surface area contributed by atoms with Gasteiger partial charge >= 0.3 is 0 Å². The van der Waals surface area contributed by atoms with Gasteiger partial charge in [0.25, 0.3) is 0 Å². The lowest BCUT2D eigenvalue weighted by atomic mass is 9.92. The zero-order valence-corrected chi connectivity index (χ0v) is 30.4. The van der Waals surface area contributed by atoms with E-state index in [1.807, 2.05) is 48.8 Å². The van der Waals surface area contributed by atoms with E-state index in [-0.39, 0.29) is 0 Å². The maximum Gasteiger partial charge on any atom is 0.160 e. The van der Waals surface area contributed by atoms with Crippen LogP contribution in [0.5, 0.6) is 0 Å². The Balaban J connectivity index is 1.19. The highest BCUT2D eigenvalue weighted by molar-refractivity contribution is 5.90. The summed E-state index contributed by atoms with van der Waals surface area (Å²) in [7, 11) is 0. The highest BCUT2D eigenvalue weighted by atomic mass is 14.9. The second-order valence-corrected chi connectivity index (χ2v) is 14.0. The van der Waals surface area contributed by atoms with Crippen LogP contribution < -0.4 is 0 Å². The molecule has 10 rings (SSSR count). The molecule has 0 spiro atoms. The number of fused-ring (bicyclic) bond motifs is 2. The van der Waals surface area contributed by atoms with E-state index < -0.39 is 0 Å². The van der Waals surface area contributed by atoms with E-state index in [2.05, 4.69) is 168 Å². The Bertz CT molecular complexity index is 2830. The third-order valence-electron chi connectivity index (χ3n) is 10.3. The molecular weight excluding hydrogens is 681 g/mol. The molecule has 56 heavy (non-hydrogen) atoms. The van der Waals surface area contributed by atoms with Crippen LogP contribution in [0.15, 0.2) is 207 Å². The fourth-order valence-corrected chi connectivity index (χ4v) is 7.44. The minimum absolute atomic E-state index is 0.678. The van der Waals surface area contributed by atoms with Gasteiger partial charge in [-0.3, -0.25) is 9.97 Å². The first-order valence-electron chi connectivity index (χ1n) is 18.8. The summed E-state index contributed by atoms with van der Waals surface area (Å²) in [6, 6.07) is 68.0. The van der Waals surface area contributed by atoms with Crippen LogP contribution in [0.3, 0.4) is 0 Å². The van der Waals surface area contributed by atoms with Crippen LogP contribution in [0.2, 0.25) is 0 Å². The van der Waals surface area contributed by atoms with Gasteiger partial charge in [-0.15, -0.1) is 0 Å². The summed E-state index contributed by atoms with van der Waals surface area (Å²) < 4.78 is 0.